The van der Waals surface area contributed by atoms with E-state index in [-0.39, 0.29) is 5.54 Å². The molecule has 0 saturated heterocycles. The lowest BCUT2D eigenvalue weighted by Crippen LogP contribution is -2.40. The van der Waals surface area contributed by atoms with E-state index in [1.165, 1.54) is 5.56 Å². The van der Waals surface area contributed by atoms with Gasteiger partial charge in [-0.1, -0.05) is 48.0 Å². The van der Waals surface area contributed by atoms with E-state index in [4.69, 9.17) is 5.73 Å². The van der Waals surface area contributed by atoms with Gasteiger partial charge in [0.15, 0.2) is 0 Å². The van der Waals surface area contributed by atoms with Crippen LogP contribution in [0.15, 0.2) is 28.7 Å². The Morgan fingerprint density at radius 3 is 2.29 bits per heavy atom. The van der Waals surface area contributed by atoms with Crippen molar-refractivity contribution in [2.45, 2.75) is 38.6 Å². The molecule has 0 spiro atoms. The van der Waals surface area contributed by atoms with Gasteiger partial charge in [0.25, 0.3) is 0 Å². The normalized spacial score (nSPS) is 11.7. The number of halogens is 1. The van der Waals surface area contributed by atoms with Crippen LogP contribution < -0.4 is 5.73 Å². The molecule has 1 aromatic carbocycles. The fourth-order valence-corrected chi connectivity index (χ4v) is 1.95. The molecule has 2 heteroatoms. The summed E-state index contributed by atoms with van der Waals surface area (Å²) in [5, 5.41) is 0. The van der Waals surface area contributed by atoms with Crippen LogP contribution >= 0.6 is 15.9 Å². The first kappa shape index (κ1) is 11.7. The van der Waals surface area contributed by atoms with Crippen molar-refractivity contribution in [2.75, 3.05) is 0 Å². The molecule has 0 aliphatic rings. The van der Waals surface area contributed by atoms with E-state index in [0.717, 1.165) is 23.7 Å². The third-order valence-corrected chi connectivity index (χ3v) is 3.68. The minimum absolute atomic E-state index is 0.0517. The largest absolute Gasteiger partial charge is 0.325 e. The van der Waals surface area contributed by atoms with Gasteiger partial charge in [0.2, 0.25) is 0 Å². The lowest BCUT2D eigenvalue weighted by atomic mass is 9.87. The van der Waals surface area contributed by atoms with Crippen LogP contribution in [0, 0.1) is 0 Å². The Morgan fingerprint density at radius 1 is 1.21 bits per heavy atom. The summed E-state index contributed by atoms with van der Waals surface area (Å²) >= 11 is 3.55. The second kappa shape index (κ2) is 4.94. The summed E-state index contributed by atoms with van der Waals surface area (Å²) in [6, 6.07) is 8.30. The molecule has 0 aromatic heterocycles. The Labute approximate surface area is 94.8 Å². The molecule has 0 radical (unpaired) electrons. The quantitative estimate of drug-likeness (QED) is 0.876. The Balaban J connectivity index is 2.82. The van der Waals surface area contributed by atoms with Gasteiger partial charge in [-0.25, -0.2) is 0 Å². The van der Waals surface area contributed by atoms with Gasteiger partial charge in [0, 0.05) is 10.0 Å². The van der Waals surface area contributed by atoms with Gasteiger partial charge in [0.1, 0.15) is 0 Å². The Hall–Kier alpha value is -0.340. The SMILES string of the molecule is CCC(N)(CC)Cc1ccccc1Br. The average Bonchev–Trinajstić information content (AvgIpc) is 2.21. The average molecular weight is 256 g/mol. The third kappa shape index (κ3) is 2.82. The molecule has 0 atom stereocenters. The first-order valence-electron chi connectivity index (χ1n) is 5.13. The second-order valence-electron chi connectivity index (χ2n) is 3.84. The summed E-state index contributed by atoms with van der Waals surface area (Å²) in [5.74, 6) is 0. The molecule has 1 aromatic rings. The fraction of sp³-hybridized carbons (Fsp3) is 0.500. The lowest BCUT2D eigenvalue weighted by Gasteiger charge is -2.27. The highest BCUT2D eigenvalue weighted by Crippen LogP contribution is 2.23. The Bertz CT molecular complexity index is 292. The van der Waals surface area contributed by atoms with E-state index >= 15 is 0 Å². The van der Waals surface area contributed by atoms with Crippen molar-refractivity contribution >= 4 is 15.9 Å². The van der Waals surface area contributed by atoms with Crippen molar-refractivity contribution in [1.82, 2.24) is 0 Å². The highest BCUT2D eigenvalue weighted by molar-refractivity contribution is 9.10. The molecule has 0 saturated carbocycles. The number of benzene rings is 1. The Kier molecular flexibility index (Phi) is 4.14. The molecule has 1 rings (SSSR count). The van der Waals surface area contributed by atoms with E-state index in [1.54, 1.807) is 0 Å². The summed E-state index contributed by atoms with van der Waals surface area (Å²) < 4.78 is 1.16. The van der Waals surface area contributed by atoms with Gasteiger partial charge in [-0.15, -0.1) is 0 Å². The fourth-order valence-electron chi connectivity index (χ4n) is 1.52. The predicted octanol–water partition coefficient (Wildman–Crippen LogP) is 3.51. The summed E-state index contributed by atoms with van der Waals surface area (Å²) in [4.78, 5) is 0. The number of nitrogens with two attached hydrogens (primary N) is 1. The zero-order valence-electron chi connectivity index (χ0n) is 8.89. The first-order chi connectivity index (χ1) is 6.61. The molecule has 78 valence electrons. The third-order valence-electron chi connectivity index (χ3n) is 2.91. The molecule has 1 nitrogen and oxygen atoms in total. The van der Waals surface area contributed by atoms with Crippen LogP contribution in [0.3, 0.4) is 0 Å². The van der Waals surface area contributed by atoms with Gasteiger partial charge in [-0.05, 0) is 30.9 Å². The van der Waals surface area contributed by atoms with Crippen LogP contribution in [0.4, 0.5) is 0 Å². The van der Waals surface area contributed by atoms with Crippen LogP contribution in [-0.4, -0.2) is 5.54 Å². The van der Waals surface area contributed by atoms with Crippen molar-refractivity contribution in [3.63, 3.8) is 0 Å². The highest BCUT2D eigenvalue weighted by atomic mass is 79.9. The topological polar surface area (TPSA) is 26.0 Å². The molecule has 2 N–H and O–H groups in total. The summed E-state index contributed by atoms with van der Waals surface area (Å²) in [6.45, 7) is 4.31. The molecule has 0 bridgehead atoms. The number of rotatable bonds is 4. The maximum absolute atomic E-state index is 6.28. The molecule has 0 aliphatic heterocycles. The molecule has 0 amide bonds. The van der Waals surface area contributed by atoms with Crippen LogP contribution in [0.5, 0.6) is 0 Å². The summed E-state index contributed by atoms with van der Waals surface area (Å²) in [7, 11) is 0. The lowest BCUT2D eigenvalue weighted by molar-refractivity contribution is 0.393. The standard InChI is InChI=1S/C12H18BrN/c1-3-12(14,4-2)9-10-7-5-6-8-11(10)13/h5-8H,3-4,9,14H2,1-2H3. The van der Waals surface area contributed by atoms with Crippen molar-refractivity contribution in [2.24, 2.45) is 5.73 Å². The van der Waals surface area contributed by atoms with E-state index in [0.29, 0.717) is 0 Å². The maximum atomic E-state index is 6.28. The summed E-state index contributed by atoms with van der Waals surface area (Å²) in [6.07, 6.45) is 2.98. The minimum atomic E-state index is -0.0517. The highest BCUT2D eigenvalue weighted by Gasteiger charge is 2.21. The van der Waals surface area contributed by atoms with Crippen LogP contribution in [0.2, 0.25) is 0 Å². The van der Waals surface area contributed by atoms with Crippen LogP contribution in [0.25, 0.3) is 0 Å². The van der Waals surface area contributed by atoms with Gasteiger partial charge in [-0.3, -0.25) is 0 Å². The van der Waals surface area contributed by atoms with Gasteiger partial charge < -0.3 is 5.73 Å². The number of hydrogen-bond acceptors (Lipinski definition) is 1. The van der Waals surface area contributed by atoms with E-state index < -0.39 is 0 Å². The molecule has 14 heavy (non-hydrogen) atoms. The van der Waals surface area contributed by atoms with E-state index in [9.17, 15) is 0 Å². The van der Waals surface area contributed by atoms with Crippen LogP contribution in [-0.2, 0) is 6.42 Å². The Morgan fingerprint density at radius 2 is 1.79 bits per heavy atom. The van der Waals surface area contributed by atoms with Crippen molar-refractivity contribution in [3.05, 3.63) is 34.3 Å². The van der Waals surface area contributed by atoms with Gasteiger partial charge in [-0.2, -0.15) is 0 Å². The van der Waals surface area contributed by atoms with Crippen molar-refractivity contribution in [3.8, 4) is 0 Å². The van der Waals surface area contributed by atoms with Gasteiger partial charge in [0.05, 0.1) is 0 Å². The minimum Gasteiger partial charge on any atom is -0.325 e. The van der Waals surface area contributed by atoms with E-state index in [2.05, 4.69) is 48.0 Å². The molecular formula is C12H18BrN. The molecule has 0 unspecified atom stereocenters. The second-order valence-corrected chi connectivity index (χ2v) is 4.69. The molecule has 0 fully saturated rings. The maximum Gasteiger partial charge on any atom is 0.0207 e. The molecular weight excluding hydrogens is 238 g/mol. The van der Waals surface area contributed by atoms with Crippen molar-refractivity contribution < 1.29 is 0 Å². The molecule has 0 aliphatic carbocycles. The molecule has 0 heterocycles. The zero-order valence-corrected chi connectivity index (χ0v) is 10.5. The number of hydrogen-bond donors (Lipinski definition) is 1. The van der Waals surface area contributed by atoms with Gasteiger partial charge >= 0.3 is 0 Å². The summed E-state index contributed by atoms with van der Waals surface area (Å²) in [5.41, 5.74) is 7.53. The van der Waals surface area contributed by atoms with E-state index in [1.807, 2.05) is 6.07 Å². The van der Waals surface area contributed by atoms with Crippen LogP contribution in [0.1, 0.15) is 32.3 Å². The van der Waals surface area contributed by atoms with Crippen molar-refractivity contribution in [1.29, 1.82) is 0 Å². The predicted molar refractivity (Wildman–Crippen MR) is 65.3 cm³/mol. The zero-order chi connectivity index (χ0) is 10.6. The monoisotopic (exact) mass is 255 g/mol. The smallest absolute Gasteiger partial charge is 0.0207 e. The first-order valence-corrected chi connectivity index (χ1v) is 5.93.